The number of anilines is 1. The Bertz CT molecular complexity index is 478. The Morgan fingerprint density at radius 2 is 1.85 bits per heavy atom. The van der Waals surface area contributed by atoms with Crippen LogP contribution in [0.1, 0.15) is 37.6 Å². The first-order valence-corrected chi connectivity index (χ1v) is 6.70. The average Bonchev–Trinajstić information content (AvgIpc) is 2.34. The van der Waals surface area contributed by atoms with Gasteiger partial charge in [-0.15, -0.1) is 0 Å². The zero-order chi connectivity index (χ0) is 15.2. The Balaban J connectivity index is 2.80. The van der Waals surface area contributed by atoms with Crippen molar-refractivity contribution in [3.8, 4) is 0 Å². The van der Waals surface area contributed by atoms with Crippen molar-refractivity contribution in [2.24, 2.45) is 11.1 Å². The minimum Gasteiger partial charge on any atom is -0.351 e. The van der Waals surface area contributed by atoms with E-state index in [1.165, 1.54) is 0 Å². The van der Waals surface area contributed by atoms with E-state index < -0.39 is 0 Å². The van der Waals surface area contributed by atoms with Crippen LogP contribution in [0.5, 0.6) is 0 Å². The van der Waals surface area contributed by atoms with E-state index in [2.05, 4.69) is 10.6 Å². The fourth-order valence-corrected chi connectivity index (χ4v) is 1.75. The van der Waals surface area contributed by atoms with E-state index in [4.69, 9.17) is 5.73 Å². The van der Waals surface area contributed by atoms with Crippen LogP contribution in [0.3, 0.4) is 0 Å². The van der Waals surface area contributed by atoms with Crippen molar-refractivity contribution in [3.05, 3.63) is 29.8 Å². The van der Waals surface area contributed by atoms with Gasteiger partial charge in [0.2, 0.25) is 5.91 Å². The number of para-hydroxylation sites is 1. The zero-order valence-electron chi connectivity index (χ0n) is 12.3. The number of hydrogen-bond donors (Lipinski definition) is 3. The Morgan fingerprint density at radius 1 is 1.20 bits per heavy atom. The normalized spacial score (nSPS) is 11.0. The maximum absolute atomic E-state index is 12.0. The molecule has 0 aliphatic rings. The molecule has 5 nitrogen and oxygen atoms in total. The van der Waals surface area contributed by atoms with E-state index in [0.29, 0.717) is 30.8 Å². The first kappa shape index (κ1) is 16.2. The highest BCUT2D eigenvalue weighted by atomic mass is 16.2. The monoisotopic (exact) mass is 277 g/mol. The number of hydrogen-bond acceptors (Lipinski definition) is 3. The number of benzene rings is 1. The van der Waals surface area contributed by atoms with Crippen LogP contribution >= 0.6 is 0 Å². The Morgan fingerprint density at radius 3 is 2.45 bits per heavy atom. The summed E-state index contributed by atoms with van der Waals surface area (Å²) >= 11 is 0. The quantitative estimate of drug-likeness (QED) is 0.766. The van der Waals surface area contributed by atoms with Crippen molar-refractivity contribution in [3.63, 3.8) is 0 Å². The molecule has 0 aliphatic heterocycles. The van der Waals surface area contributed by atoms with Crippen molar-refractivity contribution in [1.82, 2.24) is 5.32 Å². The van der Waals surface area contributed by atoms with E-state index in [-0.39, 0.29) is 17.2 Å². The summed E-state index contributed by atoms with van der Waals surface area (Å²) in [4.78, 5) is 23.9. The van der Waals surface area contributed by atoms with Gasteiger partial charge < -0.3 is 16.4 Å². The zero-order valence-corrected chi connectivity index (χ0v) is 12.3. The number of carbonyl (C=O) groups is 2. The fraction of sp³-hybridized carbons (Fsp3) is 0.467. The molecule has 110 valence electrons. The second-order valence-electron chi connectivity index (χ2n) is 5.88. The molecule has 1 rings (SSSR count). The third-order valence-electron chi connectivity index (χ3n) is 2.57. The van der Waals surface area contributed by atoms with E-state index in [0.717, 1.165) is 0 Å². The number of carbonyl (C=O) groups excluding carboxylic acids is 2. The van der Waals surface area contributed by atoms with Crippen LogP contribution in [0.4, 0.5) is 5.69 Å². The summed E-state index contributed by atoms with van der Waals surface area (Å²) in [6, 6.07) is 6.94. The Kier molecular flexibility index (Phi) is 5.70. The van der Waals surface area contributed by atoms with Crippen LogP contribution in [0, 0.1) is 5.41 Å². The summed E-state index contributed by atoms with van der Waals surface area (Å²) < 4.78 is 0. The maximum Gasteiger partial charge on any atom is 0.253 e. The lowest BCUT2D eigenvalue weighted by atomic mass is 9.92. The van der Waals surface area contributed by atoms with Gasteiger partial charge in [-0.2, -0.15) is 0 Å². The van der Waals surface area contributed by atoms with Gasteiger partial charge in [-0.3, -0.25) is 9.59 Å². The van der Waals surface area contributed by atoms with Gasteiger partial charge in [0.25, 0.3) is 5.91 Å². The highest BCUT2D eigenvalue weighted by Crippen LogP contribution is 2.21. The molecule has 0 heterocycles. The van der Waals surface area contributed by atoms with Crippen molar-refractivity contribution < 1.29 is 9.59 Å². The van der Waals surface area contributed by atoms with Crippen LogP contribution in [0.25, 0.3) is 0 Å². The smallest absolute Gasteiger partial charge is 0.253 e. The molecule has 2 amide bonds. The minimum atomic E-state index is -0.234. The fourth-order valence-electron chi connectivity index (χ4n) is 1.75. The van der Waals surface area contributed by atoms with Crippen molar-refractivity contribution in [2.45, 2.75) is 27.2 Å². The van der Waals surface area contributed by atoms with E-state index >= 15 is 0 Å². The van der Waals surface area contributed by atoms with E-state index in [1.54, 1.807) is 24.3 Å². The van der Waals surface area contributed by atoms with Gasteiger partial charge in [-0.1, -0.05) is 32.9 Å². The number of nitrogens with one attached hydrogen (secondary N) is 2. The molecule has 0 bridgehead atoms. The van der Waals surface area contributed by atoms with Crippen LogP contribution in [-0.2, 0) is 4.79 Å². The predicted octanol–water partition coefficient (Wildman–Crippen LogP) is 1.75. The average molecular weight is 277 g/mol. The van der Waals surface area contributed by atoms with Gasteiger partial charge in [0, 0.05) is 19.5 Å². The van der Waals surface area contributed by atoms with E-state index in [1.807, 2.05) is 20.8 Å². The first-order chi connectivity index (χ1) is 9.33. The Labute approximate surface area is 119 Å². The molecule has 0 atom stereocenters. The topological polar surface area (TPSA) is 84.2 Å². The van der Waals surface area contributed by atoms with Crippen LogP contribution in [-0.4, -0.2) is 24.9 Å². The number of amides is 2. The second-order valence-corrected chi connectivity index (χ2v) is 5.88. The molecule has 5 heteroatoms. The predicted molar refractivity (Wildman–Crippen MR) is 80.5 cm³/mol. The lowest BCUT2D eigenvalue weighted by molar-refractivity contribution is -0.117. The molecular weight excluding hydrogens is 254 g/mol. The molecule has 0 radical (unpaired) electrons. The van der Waals surface area contributed by atoms with Gasteiger partial charge in [-0.05, 0) is 17.5 Å². The standard InChI is InChI=1S/C15H23N3O2/c1-15(2,3)10-13(19)18-12-7-5-4-6-11(12)14(20)17-9-8-16/h4-7H,8-10,16H2,1-3H3,(H,17,20)(H,18,19). The SMILES string of the molecule is CC(C)(C)CC(=O)Nc1ccccc1C(=O)NCCN. The maximum atomic E-state index is 12.0. The lowest BCUT2D eigenvalue weighted by Crippen LogP contribution is -2.30. The highest BCUT2D eigenvalue weighted by Gasteiger charge is 2.18. The first-order valence-electron chi connectivity index (χ1n) is 6.70. The second kappa shape index (κ2) is 7.05. The summed E-state index contributed by atoms with van der Waals surface area (Å²) in [5, 5.41) is 5.49. The van der Waals surface area contributed by atoms with Crippen molar-refractivity contribution >= 4 is 17.5 Å². The molecule has 4 N–H and O–H groups in total. The third kappa shape index (κ3) is 5.40. The largest absolute Gasteiger partial charge is 0.351 e. The molecule has 0 unspecified atom stereocenters. The summed E-state index contributed by atoms with van der Waals surface area (Å²) in [5.74, 6) is -0.335. The minimum absolute atomic E-state index is 0.0964. The molecular formula is C15H23N3O2. The highest BCUT2D eigenvalue weighted by molar-refractivity contribution is 6.03. The molecule has 20 heavy (non-hydrogen) atoms. The van der Waals surface area contributed by atoms with Crippen LogP contribution in [0.2, 0.25) is 0 Å². The van der Waals surface area contributed by atoms with Gasteiger partial charge in [0.1, 0.15) is 0 Å². The molecule has 0 saturated carbocycles. The molecule has 0 spiro atoms. The molecule has 1 aromatic rings. The number of rotatable bonds is 5. The summed E-state index contributed by atoms with van der Waals surface area (Å²) in [6.07, 6.45) is 0.395. The van der Waals surface area contributed by atoms with Crippen LogP contribution < -0.4 is 16.4 Å². The van der Waals surface area contributed by atoms with Gasteiger partial charge in [0.15, 0.2) is 0 Å². The lowest BCUT2D eigenvalue weighted by Gasteiger charge is -2.18. The van der Waals surface area contributed by atoms with Gasteiger partial charge >= 0.3 is 0 Å². The third-order valence-corrected chi connectivity index (χ3v) is 2.57. The van der Waals surface area contributed by atoms with Crippen LogP contribution in [0.15, 0.2) is 24.3 Å². The number of nitrogens with two attached hydrogens (primary N) is 1. The summed E-state index contributed by atoms with van der Waals surface area (Å²) in [7, 11) is 0. The van der Waals surface area contributed by atoms with Gasteiger partial charge in [-0.25, -0.2) is 0 Å². The molecule has 0 aliphatic carbocycles. The van der Waals surface area contributed by atoms with E-state index in [9.17, 15) is 9.59 Å². The van der Waals surface area contributed by atoms with Crippen molar-refractivity contribution in [1.29, 1.82) is 0 Å². The van der Waals surface area contributed by atoms with Crippen molar-refractivity contribution in [2.75, 3.05) is 18.4 Å². The molecule has 1 aromatic carbocycles. The Hall–Kier alpha value is -1.88. The summed E-state index contributed by atoms with van der Waals surface area (Å²) in [6.45, 7) is 6.76. The molecule has 0 saturated heterocycles. The molecule has 0 fully saturated rings. The van der Waals surface area contributed by atoms with Gasteiger partial charge in [0.05, 0.1) is 11.3 Å². The molecule has 0 aromatic heterocycles. The summed E-state index contributed by atoms with van der Waals surface area (Å²) in [5.41, 5.74) is 6.23.